The molecule has 2 rings (SSSR count). The smallest absolute Gasteiger partial charge is 0.417 e. The van der Waals surface area contributed by atoms with Crippen molar-refractivity contribution in [1.82, 2.24) is 0 Å². The Bertz CT molecular complexity index is 522. The van der Waals surface area contributed by atoms with E-state index in [1.54, 1.807) is 6.07 Å². The minimum Gasteiger partial charge on any atom is -0.489 e. The highest BCUT2D eigenvalue weighted by Gasteiger charge is 2.34. The minimum atomic E-state index is -4.57. The Kier molecular flexibility index (Phi) is 4.19. The number of hydrogen-bond acceptors (Lipinski definition) is 3. The molecule has 1 aromatic rings. The lowest BCUT2D eigenvalue weighted by Gasteiger charge is -2.29. The predicted molar refractivity (Wildman–Crippen MR) is 67.0 cm³/mol. The Morgan fingerprint density at radius 3 is 2.55 bits per heavy atom. The highest BCUT2D eigenvalue weighted by atomic mass is 19.4. The molecule has 20 heavy (non-hydrogen) atoms. The first-order valence-electron chi connectivity index (χ1n) is 6.45. The molecule has 0 saturated heterocycles. The van der Waals surface area contributed by atoms with Crippen LogP contribution in [-0.2, 0) is 6.18 Å². The van der Waals surface area contributed by atoms with Gasteiger partial charge in [0, 0.05) is 6.04 Å². The zero-order chi connectivity index (χ0) is 14.8. The van der Waals surface area contributed by atoms with E-state index >= 15 is 0 Å². The molecule has 0 heterocycles. The third kappa shape index (κ3) is 3.23. The van der Waals surface area contributed by atoms with Crippen LogP contribution in [0.5, 0.6) is 5.75 Å². The number of rotatable bonds is 2. The van der Waals surface area contributed by atoms with Gasteiger partial charge >= 0.3 is 6.18 Å². The zero-order valence-electron chi connectivity index (χ0n) is 10.8. The lowest BCUT2D eigenvalue weighted by atomic mass is 9.93. The average Bonchev–Trinajstić information content (AvgIpc) is 2.40. The van der Waals surface area contributed by atoms with Crippen molar-refractivity contribution in [3.63, 3.8) is 0 Å². The van der Waals surface area contributed by atoms with Gasteiger partial charge in [-0.3, -0.25) is 0 Å². The van der Waals surface area contributed by atoms with Crippen LogP contribution in [0.1, 0.15) is 36.8 Å². The molecule has 108 valence electrons. The number of benzene rings is 1. The maximum absolute atomic E-state index is 12.8. The lowest BCUT2D eigenvalue weighted by Crippen LogP contribution is -2.41. The predicted octanol–water partition coefficient (Wildman–Crippen LogP) is 3.23. The fourth-order valence-electron chi connectivity index (χ4n) is 2.38. The van der Waals surface area contributed by atoms with Gasteiger partial charge in [0.1, 0.15) is 11.9 Å². The summed E-state index contributed by atoms with van der Waals surface area (Å²) in [6.45, 7) is 0. The monoisotopic (exact) mass is 284 g/mol. The molecule has 6 heteroatoms. The van der Waals surface area contributed by atoms with Gasteiger partial charge in [0.2, 0.25) is 0 Å². The number of nitrogens with two attached hydrogens (primary N) is 1. The minimum absolute atomic E-state index is 0.110. The molecule has 0 spiro atoms. The molecule has 0 radical (unpaired) electrons. The molecule has 0 aromatic heterocycles. The molecule has 1 saturated carbocycles. The summed E-state index contributed by atoms with van der Waals surface area (Å²) in [6, 6.07) is 4.77. The third-order valence-corrected chi connectivity index (χ3v) is 3.46. The van der Waals surface area contributed by atoms with E-state index in [-0.39, 0.29) is 17.9 Å². The average molecular weight is 284 g/mol. The Labute approximate surface area is 115 Å². The summed E-state index contributed by atoms with van der Waals surface area (Å²) in [5.74, 6) is 0.110. The van der Waals surface area contributed by atoms with Gasteiger partial charge in [-0.2, -0.15) is 18.4 Å². The van der Waals surface area contributed by atoms with Crippen molar-refractivity contribution < 1.29 is 17.9 Å². The number of hydrogen-bond donors (Lipinski definition) is 1. The number of nitriles is 1. The summed E-state index contributed by atoms with van der Waals surface area (Å²) in [5, 5.41) is 8.73. The quantitative estimate of drug-likeness (QED) is 0.907. The van der Waals surface area contributed by atoms with Gasteiger partial charge in [-0.25, -0.2) is 0 Å². The van der Waals surface area contributed by atoms with Crippen LogP contribution in [0, 0.1) is 11.3 Å². The van der Waals surface area contributed by atoms with Gasteiger partial charge < -0.3 is 10.5 Å². The summed E-state index contributed by atoms with van der Waals surface area (Å²) in [6.07, 6.45) is -1.31. The van der Waals surface area contributed by atoms with E-state index in [1.165, 1.54) is 6.07 Å². The Balaban J connectivity index is 2.23. The van der Waals surface area contributed by atoms with Crippen molar-refractivity contribution in [2.45, 2.75) is 44.0 Å². The molecule has 3 nitrogen and oxygen atoms in total. The van der Waals surface area contributed by atoms with Gasteiger partial charge in [-0.05, 0) is 37.5 Å². The summed E-state index contributed by atoms with van der Waals surface area (Å²) >= 11 is 0. The van der Waals surface area contributed by atoms with Crippen molar-refractivity contribution >= 4 is 0 Å². The molecule has 2 unspecified atom stereocenters. The normalized spacial score (nSPS) is 23.1. The number of alkyl halides is 3. The van der Waals surface area contributed by atoms with Crippen LogP contribution < -0.4 is 10.5 Å². The summed E-state index contributed by atoms with van der Waals surface area (Å²) in [4.78, 5) is 0. The van der Waals surface area contributed by atoms with E-state index < -0.39 is 17.3 Å². The van der Waals surface area contributed by atoms with Crippen molar-refractivity contribution in [3.8, 4) is 11.8 Å². The maximum atomic E-state index is 12.8. The lowest BCUT2D eigenvalue weighted by molar-refractivity contribution is -0.137. The van der Waals surface area contributed by atoms with Crippen molar-refractivity contribution in [2.24, 2.45) is 5.73 Å². The topological polar surface area (TPSA) is 59.0 Å². The molecule has 0 aliphatic heterocycles. The molecule has 0 bridgehead atoms. The van der Waals surface area contributed by atoms with Crippen LogP contribution in [0.3, 0.4) is 0 Å². The second-order valence-electron chi connectivity index (χ2n) is 4.92. The number of nitrogens with zero attached hydrogens (tertiary/aromatic N) is 1. The van der Waals surface area contributed by atoms with Gasteiger partial charge in [0.15, 0.2) is 0 Å². The van der Waals surface area contributed by atoms with E-state index in [9.17, 15) is 13.2 Å². The van der Waals surface area contributed by atoms with Crippen LogP contribution in [0.4, 0.5) is 13.2 Å². The van der Waals surface area contributed by atoms with Gasteiger partial charge in [0.05, 0.1) is 17.2 Å². The molecule has 2 N–H and O–H groups in total. The van der Waals surface area contributed by atoms with E-state index in [0.29, 0.717) is 0 Å². The standard InChI is InChI=1S/C14H15F3N2O/c15-14(16,17)11-7-10(6-5-9(11)8-18)20-13-4-2-1-3-12(13)19/h5-7,12-13H,1-4,19H2. The second-order valence-corrected chi connectivity index (χ2v) is 4.92. The molecule has 1 aliphatic carbocycles. The number of ether oxygens (including phenoxy) is 1. The van der Waals surface area contributed by atoms with E-state index in [0.717, 1.165) is 37.8 Å². The first-order valence-corrected chi connectivity index (χ1v) is 6.45. The van der Waals surface area contributed by atoms with Crippen molar-refractivity contribution in [3.05, 3.63) is 29.3 Å². The zero-order valence-corrected chi connectivity index (χ0v) is 10.8. The number of halogens is 3. The van der Waals surface area contributed by atoms with Crippen LogP contribution in [-0.4, -0.2) is 12.1 Å². The largest absolute Gasteiger partial charge is 0.489 e. The van der Waals surface area contributed by atoms with Crippen LogP contribution >= 0.6 is 0 Å². The molecule has 1 aromatic carbocycles. The summed E-state index contributed by atoms with van der Waals surface area (Å²) < 4.78 is 44.1. The summed E-state index contributed by atoms with van der Waals surface area (Å²) in [5.41, 5.74) is 4.53. The van der Waals surface area contributed by atoms with Gasteiger partial charge in [0.25, 0.3) is 0 Å². The van der Waals surface area contributed by atoms with Gasteiger partial charge in [-0.15, -0.1) is 0 Å². The maximum Gasteiger partial charge on any atom is 0.417 e. The Hall–Kier alpha value is -1.74. The SMILES string of the molecule is N#Cc1ccc(OC2CCCCC2N)cc1C(F)(F)F. The Morgan fingerprint density at radius 2 is 1.95 bits per heavy atom. The van der Waals surface area contributed by atoms with E-state index in [2.05, 4.69) is 0 Å². The molecule has 2 atom stereocenters. The van der Waals surface area contributed by atoms with E-state index in [4.69, 9.17) is 15.7 Å². The molecular weight excluding hydrogens is 269 g/mol. The van der Waals surface area contributed by atoms with Crippen molar-refractivity contribution in [1.29, 1.82) is 5.26 Å². The first kappa shape index (κ1) is 14.7. The Morgan fingerprint density at radius 1 is 1.25 bits per heavy atom. The third-order valence-electron chi connectivity index (χ3n) is 3.46. The first-order chi connectivity index (χ1) is 9.41. The highest BCUT2D eigenvalue weighted by molar-refractivity contribution is 5.44. The fourth-order valence-corrected chi connectivity index (χ4v) is 2.38. The molecule has 1 fully saturated rings. The van der Waals surface area contributed by atoms with Crippen LogP contribution in [0.15, 0.2) is 18.2 Å². The van der Waals surface area contributed by atoms with Crippen LogP contribution in [0.25, 0.3) is 0 Å². The second kappa shape index (κ2) is 5.71. The van der Waals surface area contributed by atoms with Crippen molar-refractivity contribution in [2.75, 3.05) is 0 Å². The van der Waals surface area contributed by atoms with Gasteiger partial charge in [-0.1, -0.05) is 6.42 Å². The molecule has 1 aliphatic rings. The molecule has 0 amide bonds. The summed E-state index contributed by atoms with van der Waals surface area (Å²) in [7, 11) is 0. The highest BCUT2D eigenvalue weighted by Crippen LogP contribution is 2.35. The van der Waals surface area contributed by atoms with Crippen LogP contribution in [0.2, 0.25) is 0 Å². The van der Waals surface area contributed by atoms with E-state index in [1.807, 2.05) is 0 Å². The molecular formula is C14H15F3N2O. The fraction of sp³-hybridized carbons (Fsp3) is 0.500.